The van der Waals surface area contributed by atoms with Crippen molar-refractivity contribution in [1.82, 2.24) is 14.7 Å². The summed E-state index contributed by atoms with van der Waals surface area (Å²) in [5.74, 6) is -1.80. The van der Waals surface area contributed by atoms with E-state index in [0.29, 0.717) is 12.1 Å². The minimum absolute atomic E-state index is 0.169. The second kappa shape index (κ2) is 5.63. The minimum atomic E-state index is -0.865. The van der Waals surface area contributed by atoms with Gasteiger partial charge in [0, 0.05) is 32.3 Å². The Kier molecular flexibility index (Phi) is 3.66. The van der Waals surface area contributed by atoms with Crippen molar-refractivity contribution in [1.29, 1.82) is 0 Å². The van der Waals surface area contributed by atoms with Gasteiger partial charge in [-0.1, -0.05) is 30.3 Å². The fourth-order valence-corrected chi connectivity index (χ4v) is 2.97. The number of likely N-dealkylation sites (tertiary alicyclic amines) is 1. The number of carbonyl (C=O) groups excluding carboxylic acids is 1. The molecule has 1 aromatic carbocycles. The Hall–Kier alpha value is -2.63. The van der Waals surface area contributed by atoms with E-state index < -0.39 is 11.9 Å². The number of aliphatic carboxylic acids is 1. The molecule has 1 fully saturated rings. The zero-order valence-electron chi connectivity index (χ0n) is 12.2. The molecule has 6 heteroatoms. The van der Waals surface area contributed by atoms with Crippen LogP contribution in [-0.2, 0) is 11.8 Å². The van der Waals surface area contributed by atoms with Crippen LogP contribution in [-0.4, -0.2) is 44.8 Å². The summed E-state index contributed by atoms with van der Waals surface area (Å²) in [5, 5.41) is 13.5. The number of carbonyl (C=O) groups is 2. The van der Waals surface area contributed by atoms with Crippen molar-refractivity contribution in [2.75, 3.05) is 13.1 Å². The molecule has 6 nitrogen and oxygen atoms in total. The van der Waals surface area contributed by atoms with E-state index in [0.717, 1.165) is 5.56 Å². The molecule has 2 aromatic rings. The van der Waals surface area contributed by atoms with E-state index in [1.54, 1.807) is 22.8 Å². The topological polar surface area (TPSA) is 75.4 Å². The fourth-order valence-electron chi connectivity index (χ4n) is 2.97. The van der Waals surface area contributed by atoms with E-state index >= 15 is 0 Å². The molecule has 2 unspecified atom stereocenters. The normalized spacial score (nSPS) is 21.0. The molecular weight excluding hydrogens is 282 g/mol. The van der Waals surface area contributed by atoms with Crippen LogP contribution in [0.2, 0.25) is 0 Å². The van der Waals surface area contributed by atoms with E-state index in [4.69, 9.17) is 0 Å². The minimum Gasteiger partial charge on any atom is -0.481 e. The Morgan fingerprint density at radius 1 is 1.23 bits per heavy atom. The first-order valence-corrected chi connectivity index (χ1v) is 7.12. The number of carboxylic acids is 1. The summed E-state index contributed by atoms with van der Waals surface area (Å²) in [6, 6.07) is 9.50. The van der Waals surface area contributed by atoms with Gasteiger partial charge in [-0.2, -0.15) is 5.10 Å². The first-order valence-electron chi connectivity index (χ1n) is 7.12. The van der Waals surface area contributed by atoms with Crippen molar-refractivity contribution in [2.45, 2.75) is 5.92 Å². The van der Waals surface area contributed by atoms with Crippen molar-refractivity contribution >= 4 is 11.9 Å². The number of amides is 1. The number of carboxylic acid groups (broad SMARTS) is 1. The molecule has 0 bridgehead atoms. The van der Waals surface area contributed by atoms with Crippen LogP contribution in [0.4, 0.5) is 0 Å². The Morgan fingerprint density at radius 3 is 2.55 bits per heavy atom. The zero-order chi connectivity index (χ0) is 15.7. The van der Waals surface area contributed by atoms with Gasteiger partial charge in [-0.25, -0.2) is 0 Å². The van der Waals surface area contributed by atoms with E-state index in [1.807, 2.05) is 30.3 Å². The SMILES string of the molecule is Cn1cc(C(=O)N2CC(C(=O)O)C(c3ccccc3)C2)cn1. The van der Waals surface area contributed by atoms with Gasteiger partial charge >= 0.3 is 5.97 Å². The van der Waals surface area contributed by atoms with Crippen LogP contribution in [0.3, 0.4) is 0 Å². The molecular formula is C16H17N3O3. The highest BCUT2D eigenvalue weighted by Gasteiger charge is 2.40. The second-order valence-electron chi connectivity index (χ2n) is 5.57. The molecule has 1 amide bonds. The number of benzene rings is 1. The maximum atomic E-state index is 12.5. The van der Waals surface area contributed by atoms with E-state index in [2.05, 4.69) is 5.10 Å². The van der Waals surface area contributed by atoms with Gasteiger partial charge in [0.05, 0.1) is 17.7 Å². The number of aryl methyl sites for hydroxylation is 1. The van der Waals surface area contributed by atoms with Crippen molar-refractivity contribution in [2.24, 2.45) is 13.0 Å². The summed E-state index contributed by atoms with van der Waals surface area (Å²) in [6.45, 7) is 0.636. The van der Waals surface area contributed by atoms with E-state index in [-0.39, 0.29) is 18.4 Å². The molecule has 114 valence electrons. The molecule has 0 spiro atoms. The number of nitrogens with zero attached hydrogens (tertiary/aromatic N) is 3. The molecule has 1 N–H and O–H groups in total. The van der Waals surface area contributed by atoms with Crippen LogP contribution >= 0.6 is 0 Å². The van der Waals surface area contributed by atoms with Crippen molar-refractivity contribution < 1.29 is 14.7 Å². The summed E-state index contributed by atoms with van der Waals surface area (Å²) in [6.07, 6.45) is 3.15. The Morgan fingerprint density at radius 2 is 1.95 bits per heavy atom. The second-order valence-corrected chi connectivity index (χ2v) is 5.57. The van der Waals surface area contributed by atoms with Gasteiger partial charge < -0.3 is 10.0 Å². The van der Waals surface area contributed by atoms with Gasteiger partial charge in [-0.15, -0.1) is 0 Å². The Balaban J connectivity index is 1.84. The van der Waals surface area contributed by atoms with Crippen LogP contribution in [0, 0.1) is 5.92 Å². The zero-order valence-corrected chi connectivity index (χ0v) is 12.2. The predicted molar refractivity (Wildman–Crippen MR) is 79.4 cm³/mol. The van der Waals surface area contributed by atoms with Crippen molar-refractivity contribution in [3.8, 4) is 0 Å². The van der Waals surface area contributed by atoms with Crippen molar-refractivity contribution in [3.63, 3.8) is 0 Å². The number of hydrogen-bond acceptors (Lipinski definition) is 3. The third-order valence-electron chi connectivity index (χ3n) is 4.10. The summed E-state index contributed by atoms with van der Waals surface area (Å²) in [7, 11) is 1.74. The molecule has 2 heterocycles. The van der Waals surface area contributed by atoms with Gasteiger partial charge in [0.25, 0.3) is 5.91 Å². The van der Waals surface area contributed by atoms with Crippen LogP contribution < -0.4 is 0 Å². The molecule has 1 aromatic heterocycles. The van der Waals surface area contributed by atoms with Gasteiger partial charge in [0.1, 0.15) is 0 Å². The maximum Gasteiger partial charge on any atom is 0.308 e. The average Bonchev–Trinajstić information content (AvgIpc) is 3.14. The highest BCUT2D eigenvalue weighted by atomic mass is 16.4. The largest absolute Gasteiger partial charge is 0.481 e. The molecule has 22 heavy (non-hydrogen) atoms. The first-order chi connectivity index (χ1) is 10.6. The van der Waals surface area contributed by atoms with Gasteiger partial charge in [-0.05, 0) is 5.56 Å². The third-order valence-corrected chi connectivity index (χ3v) is 4.10. The monoisotopic (exact) mass is 299 g/mol. The quantitative estimate of drug-likeness (QED) is 0.928. The standard InChI is InChI=1S/C16H17N3O3/c1-18-8-12(7-17-18)15(20)19-9-13(14(10-19)16(21)22)11-5-3-2-4-6-11/h2-8,13-14H,9-10H2,1H3,(H,21,22). The van der Waals surface area contributed by atoms with Crippen molar-refractivity contribution in [3.05, 3.63) is 53.9 Å². The first kappa shape index (κ1) is 14.3. The molecule has 0 radical (unpaired) electrons. The highest BCUT2D eigenvalue weighted by molar-refractivity contribution is 5.94. The van der Waals surface area contributed by atoms with E-state index in [1.165, 1.54) is 6.20 Å². The summed E-state index contributed by atoms with van der Waals surface area (Å²) in [5.41, 5.74) is 1.44. The molecule has 1 aliphatic heterocycles. The highest BCUT2D eigenvalue weighted by Crippen LogP contribution is 2.33. The maximum absolute atomic E-state index is 12.5. The van der Waals surface area contributed by atoms with Crippen LogP contribution in [0.1, 0.15) is 21.8 Å². The lowest BCUT2D eigenvalue weighted by Crippen LogP contribution is -2.29. The van der Waals surface area contributed by atoms with Gasteiger partial charge in [-0.3, -0.25) is 14.3 Å². The Labute approximate surface area is 128 Å². The molecule has 0 aliphatic carbocycles. The third kappa shape index (κ3) is 2.59. The summed E-state index contributed by atoms with van der Waals surface area (Å²) >= 11 is 0. The predicted octanol–water partition coefficient (Wildman–Crippen LogP) is 1.36. The van der Waals surface area contributed by atoms with E-state index in [9.17, 15) is 14.7 Å². The average molecular weight is 299 g/mol. The lowest BCUT2D eigenvalue weighted by Gasteiger charge is -2.15. The molecule has 0 saturated carbocycles. The Bertz CT molecular complexity index is 696. The number of hydrogen-bond donors (Lipinski definition) is 1. The van der Waals surface area contributed by atoms with Gasteiger partial charge in [0.2, 0.25) is 0 Å². The summed E-state index contributed by atoms with van der Waals surface area (Å²) in [4.78, 5) is 25.6. The summed E-state index contributed by atoms with van der Waals surface area (Å²) < 4.78 is 1.56. The lowest BCUT2D eigenvalue weighted by molar-refractivity contribution is -0.141. The van der Waals surface area contributed by atoms with Crippen LogP contribution in [0.15, 0.2) is 42.7 Å². The van der Waals surface area contributed by atoms with Crippen LogP contribution in [0.25, 0.3) is 0 Å². The van der Waals surface area contributed by atoms with Gasteiger partial charge in [0.15, 0.2) is 0 Å². The number of aromatic nitrogens is 2. The van der Waals surface area contributed by atoms with Crippen LogP contribution in [0.5, 0.6) is 0 Å². The lowest BCUT2D eigenvalue weighted by atomic mass is 9.89. The fraction of sp³-hybridized carbons (Fsp3) is 0.312. The molecule has 1 aliphatic rings. The molecule has 2 atom stereocenters. The molecule has 3 rings (SSSR count). The molecule has 1 saturated heterocycles. The number of rotatable bonds is 3. The smallest absolute Gasteiger partial charge is 0.308 e.